The van der Waals surface area contributed by atoms with Gasteiger partial charge in [-0.3, -0.25) is 4.98 Å². The van der Waals surface area contributed by atoms with E-state index in [4.69, 9.17) is 4.74 Å². The van der Waals surface area contributed by atoms with Gasteiger partial charge in [-0.1, -0.05) is 18.2 Å². The zero-order valence-corrected chi connectivity index (χ0v) is 13.0. The zero-order valence-electron chi connectivity index (χ0n) is 13.0. The van der Waals surface area contributed by atoms with Crippen LogP contribution in [0, 0.1) is 5.82 Å². The zero-order chi connectivity index (χ0) is 15.9. The van der Waals surface area contributed by atoms with E-state index in [9.17, 15) is 4.39 Å². The highest BCUT2D eigenvalue weighted by Gasteiger charge is 2.42. The van der Waals surface area contributed by atoms with Gasteiger partial charge in [-0.2, -0.15) is 0 Å². The third-order valence-electron chi connectivity index (χ3n) is 4.71. The molecule has 0 unspecified atom stereocenters. The van der Waals surface area contributed by atoms with E-state index < -0.39 is 0 Å². The first-order valence-corrected chi connectivity index (χ1v) is 7.80. The summed E-state index contributed by atoms with van der Waals surface area (Å²) in [6.45, 7) is 0.783. The molecule has 1 aliphatic carbocycles. The lowest BCUT2D eigenvalue weighted by Gasteiger charge is -2.33. The van der Waals surface area contributed by atoms with Gasteiger partial charge in [0.15, 0.2) is 0 Å². The number of halogens is 1. The summed E-state index contributed by atoms with van der Waals surface area (Å²) in [5, 5.41) is 3.22. The molecule has 1 aromatic heterocycles. The minimum absolute atomic E-state index is 0.208. The van der Waals surface area contributed by atoms with Crippen LogP contribution in [0.1, 0.15) is 17.5 Å². The normalized spacial score (nSPS) is 24.3. The second-order valence-electron chi connectivity index (χ2n) is 6.18. The fraction of sp³-hybridized carbons (Fsp3) is 0.333. The summed E-state index contributed by atoms with van der Waals surface area (Å²) in [5.74, 6) is -0.306. The highest BCUT2D eigenvalue weighted by molar-refractivity contribution is 5.76. The number of fused-ring (bicyclic) bond motifs is 1. The van der Waals surface area contributed by atoms with Gasteiger partial charge < -0.3 is 10.1 Å². The fourth-order valence-electron chi connectivity index (χ4n) is 3.59. The van der Waals surface area contributed by atoms with Crippen LogP contribution in [0.4, 0.5) is 4.39 Å². The summed E-state index contributed by atoms with van der Waals surface area (Å²) in [6.07, 6.45) is 5.62. The Balaban J connectivity index is 1.71. The molecule has 2 heterocycles. The third kappa shape index (κ3) is 2.46. The molecule has 5 heteroatoms. The van der Waals surface area contributed by atoms with Crippen LogP contribution in [0.3, 0.4) is 0 Å². The predicted octanol–water partition coefficient (Wildman–Crippen LogP) is 2.72. The van der Waals surface area contributed by atoms with Crippen molar-refractivity contribution >= 4 is 6.02 Å². The molecule has 0 radical (unpaired) electrons. The van der Waals surface area contributed by atoms with Crippen molar-refractivity contribution in [2.24, 2.45) is 4.99 Å². The van der Waals surface area contributed by atoms with Crippen LogP contribution < -0.4 is 5.32 Å². The number of rotatable bonds is 1. The van der Waals surface area contributed by atoms with Crippen molar-refractivity contribution < 1.29 is 9.13 Å². The lowest BCUT2D eigenvalue weighted by Crippen LogP contribution is -2.39. The van der Waals surface area contributed by atoms with E-state index in [2.05, 4.69) is 21.4 Å². The van der Waals surface area contributed by atoms with Gasteiger partial charge in [-0.05, 0) is 35.6 Å². The number of hydrogen-bond acceptors (Lipinski definition) is 3. The van der Waals surface area contributed by atoms with Crippen molar-refractivity contribution in [3.05, 3.63) is 53.6 Å². The largest absolute Gasteiger partial charge is 0.456 e. The van der Waals surface area contributed by atoms with Gasteiger partial charge in [-0.15, -0.1) is 0 Å². The predicted molar refractivity (Wildman–Crippen MR) is 86.8 cm³/mol. The van der Waals surface area contributed by atoms with Crippen LogP contribution >= 0.6 is 0 Å². The quantitative estimate of drug-likeness (QED) is 0.881. The van der Waals surface area contributed by atoms with Gasteiger partial charge in [0.1, 0.15) is 11.4 Å². The molecule has 23 heavy (non-hydrogen) atoms. The number of amidine groups is 1. The van der Waals surface area contributed by atoms with Crippen molar-refractivity contribution in [2.75, 3.05) is 13.6 Å². The Morgan fingerprint density at radius 1 is 1.35 bits per heavy atom. The van der Waals surface area contributed by atoms with E-state index in [1.807, 2.05) is 12.1 Å². The van der Waals surface area contributed by atoms with Crippen molar-refractivity contribution in [3.63, 3.8) is 0 Å². The van der Waals surface area contributed by atoms with E-state index in [1.54, 1.807) is 19.3 Å². The molecule has 1 atom stereocenters. The Kier molecular flexibility index (Phi) is 3.29. The van der Waals surface area contributed by atoms with E-state index in [0.29, 0.717) is 6.02 Å². The average Bonchev–Trinajstić information content (AvgIpc) is 2.97. The standard InChI is InChI=1S/C18H18FN3O/c1-20-17-22-11-18(23-17)6-5-16-12(8-18)3-2-4-15(16)13-7-14(19)10-21-9-13/h2-4,7,9-10H,5-6,8,11H2,1H3,(H,20,22)/t18-/m1/s1. The molecule has 1 aromatic carbocycles. The Bertz CT molecular complexity index is 790. The van der Waals surface area contributed by atoms with Crippen LogP contribution in [0.5, 0.6) is 0 Å². The summed E-state index contributed by atoms with van der Waals surface area (Å²) >= 11 is 0. The second-order valence-corrected chi connectivity index (χ2v) is 6.18. The lowest BCUT2D eigenvalue weighted by molar-refractivity contribution is 0.0774. The summed E-state index contributed by atoms with van der Waals surface area (Å²) in [6, 6.07) is 8.37. The molecule has 0 amide bonds. The maximum absolute atomic E-state index is 13.5. The first kappa shape index (κ1) is 14.2. The summed E-state index contributed by atoms with van der Waals surface area (Å²) in [5.41, 5.74) is 4.23. The highest BCUT2D eigenvalue weighted by atomic mass is 19.1. The molecule has 1 fully saturated rings. The Morgan fingerprint density at radius 2 is 2.26 bits per heavy atom. The molecule has 0 saturated carbocycles. The molecule has 0 bridgehead atoms. The molecule has 1 N–H and O–H groups in total. The van der Waals surface area contributed by atoms with Crippen molar-refractivity contribution in [1.29, 1.82) is 0 Å². The molecule has 2 aromatic rings. The maximum Gasteiger partial charge on any atom is 0.285 e. The molecule has 1 spiro atoms. The number of nitrogens with one attached hydrogen (secondary N) is 1. The molecular weight excluding hydrogens is 293 g/mol. The first-order valence-electron chi connectivity index (χ1n) is 7.80. The molecule has 4 nitrogen and oxygen atoms in total. The molecule has 2 aliphatic rings. The Labute approximate surface area is 134 Å². The monoisotopic (exact) mass is 311 g/mol. The van der Waals surface area contributed by atoms with Crippen LogP contribution in [0.2, 0.25) is 0 Å². The molecule has 1 aliphatic heterocycles. The lowest BCUT2D eigenvalue weighted by atomic mass is 9.78. The smallest absolute Gasteiger partial charge is 0.285 e. The molecule has 1 saturated heterocycles. The third-order valence-corrected chi connectivity index (χ3v) is 4.71. The topological polar surface area (TPSA) is 46.5 Å². The molecule has 4 rings (SSSR count). The van der Waals surface area contributed by atoms with E-state index in [-0.39, 0.29) is 11.4 Å². The summed E-state index contributed by atoms with van der Waals surface area (Å²) in [4.78, 5) is 8.08. The minimum Gasteiger partial charge on any atom is -0.456 e. The van der Waals surface area contributed by atoms with Gasteiger partial charge in [0.05, 0.1) is 12.7 Å². The van der Waals surface area contributed by atoms with Gasteiger partial charge >= 0.3 is 0 Å². The number of benzene rings is 1. The first-order chi connectivity index (χ1) is 11.2. The SMILES string of the molecule is CN=C1NC[C@]2(CCc3c(cccc3-c3cncc(F)c3)C2)O1. The van der Waals surface area contributed by atoms with Gasteiger partial charge in [0, 0.05) is 25.2 Å². The number of pyridine rings is 1. The average molecular weight is 311 g/mol. The number of aromatic nitrogens is 1. The number of nitrogens with zero attached hydrogens (tertiary/aromatic N) is 2. The number of ether oxygens (including phenoxy) is 1. The fourth-order valence-corrected chi connectivity index (χ4v) is 3.59. The Hall–Kier alpha value is -2.43. The van der Waals surface area contributed by atoms with Crippen LogP contribution in [0.15, 0.2) is 41.7 Å². The van der Waals surface area contributed by atoms with Crippen molar-refractivity contribution in [3.8, 4) is 11.1 Å². The summed E-state index contributed by atoms with van der Waals surface area (Å²) < 4.78 is 19.5. The van der Waals surface area contributed by atoms with E-state index >= 15 is 0 Å². The Morgan fingerprint density at radius 3 is 3.04 bits per heavy atom. The minimum atomic E-state index is -0.306. The van der Waals surface area contributed by atoms with Crippen molar-refractivity contribution in [2.45, 2.75) is 24.9 Å². The number of aliphatic imine (C=N–C) groups is 1. The van der Waals surface area contributed by atoms with Gasteiger partial charge in [0.2, 0.25) is 0 Å². The summed E-state index contributed by atoms with van der Waals surface area (Å²) in [7, 11) is 1.73. The van der Waals surface area contributed by atoms with Crippen LogP contribution in [-0.2, 0) is 17.6 Å². The van der Waals surface area contributed by atoms with Crippen LogP contribution in [-0.4, -0.2) is 30.2 Å². The van der Waals surface area contributed by atoms with Crippen molar-refractivity contribution in [1.82, 2.24) is 10.3 Å². The second kappa shape index (κ2) is 5.33. The number of hydrogen-bond donors (Lipinski definition) is 1. The van der Waals surface area contributed by atoms with E-state index in [0.717, 1.165) is 36.9 Å². The molecular formula is C18H18FN3O. The highest BCUT2D eigenvalue weighted by Crippen LogP contribution is 2.38. The van der Waals surface area contributed by atoms with Gasteiger partial charge in [0.25, 0.3) is 6.02 Å². The molecule has 118 valence electrons. The maximum atomic E-state index is 13.5. The van der Waals surface area contributed by atoms with Gasteiger partial charge in [-0.25, -0.2) is 9.38 Å². The van der Waals surface area contributed by atoms with E-state index in [1.165, 1.54) is 17.3 Å². The van der Waals surface area contributed by atoms with Crippen LogP contribution in [0.25, 0.3) is 11.1 Å².